The van der Waals surface area contributed by atoms with Crippen molar-refractivity contribution in [3.63, 3.8) is 0 Å². The molecule has 100 valence electrons. The topological polar surface area (TPSA) is 12.9 Å². The third-order valence-corrected chi connectivity index (χ3v) is 4.45. The molecule has 0 fully saturated rings. The lowest BCUT2D eigenvalue weighted by Crippen LogP contribution is -1.83. The zero-order valence-corrected chi connectivity index (χ0v) is 12.9. The van der Waals surface area contributed by atoms with Gasteiger partial charge in [-0.25, -0.2) is 4.98 Å². The lowest BCUT2D eigenvalue weighted by atomic mass is 10.0. The molecule has 1 nitrogen and oxygen atoms in total. The first-order valence-electron chi connectivity index (χ1n) is 6.44. The Kier molecular flexibility index (Phi) is 3.60. The van der Waals surface area contributed by atoms with Gasteiger partial charge in [0.05, 0.1) is 10.6 Å². The van der Waals surface area contributed by atoms with E-state index < -0.39 is 0 Å². The number of benzene rings is 2. The molecule has 0 unspecified atom stereocenters. The zero-order chi connectivity index (χ0) is 14.1. The van der Waals surface area contributed by atoms with E-state index in [1.807, 2.05) is 0 Å². The molecule has 0 saturated carbocycles. The zero-order valence-electron chi connectivity index (χ0n) is 11.4. The van der Waals surface area contributed by atoms with E-state index in [-0.39, 0.29) is 0 Å². The Bertz CT molecular complexity index is 664. The minimum atomic E-state index is 0.580. The van der Waals surface area contributed by atoms with Gasteiger partial charge < -0.3 is 0 Å². The quantitative estimate of drug-likeness (QED) is 0.587. The summed E-state index contributed by atoms with van der Waals surface area (Å²) in [5, 5.41) is 0. The molecule has 20 heavy (non-hydrogen) atoms. The normalized spacial score (nSPS) is 10.8. The molecule has 0 N–H and O–H groups in total. The van der Waals surface area contributed by atoms with Gasteiger partial charge in [0, 0.05) is 5.56 Å². The third-order valence-electron chi connectivity index (χ3n) is 3.24. The largest absolute Gasteiger partial charge is 0.224 e. The number of halogens is 1. The molecule has 3 rings (SSSR count). The lowest BCUT2D eigenvalue weighted by Gasteiger charge is -2.04. The lowest BCUT2D eigenvalue weighted by molar-refractivity contribution is 1.39. The van der Waals surface area contributed by atoms with Crippen molar-refractivity contribution < 1.29 is 0 Å². The summed E-state index contributed by atoms with van der Waals surface area (Å²) >= 11 is 7.66. The van der Waals surface area contributed by atoms with Crippen LogP contribution in [0.15, 0.2) is 48.5 Å². The first-order chi connectivity index (χ1) is 9.63. The average Bonchev–Trinajstić information content (AvgIpc) is 2.82. The van der Waals surface area contributed by atoms with E-state index in [2.05, 4.69) is 67.4 Å². The predicted molar refractivity (Wildman–Crippen MR) is 87.5 cm³/mol. The van der Waals surface area contributed by atoms with E-state index in [1.165, 1.54) is 22.5 Å². The molecule has 2 aromatic carbocycles. The van der Waals surface area contributed by atoms with E-state index in [4.69, 9.17) is 11.6 Å². The number of aromatic nitrogens is 1. The first kappa shape index (κ1) is 13.3. The maximum absolute atomic E-state index is 6.14. The van der Waals surface area contributed by atoms with Crippen LogP contribution < -0.4 is 0 Å². The van der Waals surface area contributed by atoms with Crippen molar-refractivity contribution in [2.24, 2.45) is 0 Å². The number of hydrogen-bond acceptors (Lipinski definition) is 2. The minimum Gasteiger partial charge on any atom is -0.224 e. The average molecular weight is 300 g/mol. The van der Waals surface area contributed by atoms with Crippen LogP contribution in [0.5, 0.6) is 0 Å². The molecule has 0 amide bonds. The van der Waals surface area contributed by atoms with Gasteiger partial charge in [0.25, 0.3) is 0 Å². The summed E-state index contributed by atoms with van der Waals surface area (Å²) in [5.74, 6) is 0. The van der Waals surface area contributed by atoms with Crippen molar-refractivity contribution in [2.75, 3.05) is 0 Å². The Balaban J connectivity index is 2.12. The number of hydrogen-bond donors (Lipinski definition) is 0. The fraction of sp³-hybridized carbons (Fsp3) is 0.118. The molecule has 0 radical (unpaired) electrons. The van der Waals surface area contributed by atoms with Crippen LogP contribution in [0.25, 0.3) is 21.7 Å². The van der Waals surface area contributed by atoms with Crippen molar-refractivity contribution in [1.82, 2.24) is 4.98 Å². The Labute approximate surface area is 127 Å². The second-order valence-electron chi connectivity index (χ2n) is 4.88. The van der Waals surface area contributed by atoms with Crippen LogP contribution in [-0.2, 0) is 0 Å². The molecule has 0 saturated heterocycles. The van der Waals surface area contributed by atoms with Crippen LogP contribution in [0.2, 0.25) is 4.47 Å². The van der Waals surface area contributed by atoms with Gasteiger partial charge >= 0.3 is 0 Å². The Morgan fingerprint density at radius 2 is 1.30 bits per heavy atom. The second-order valence-corrected chi connectivity index (χ2v) is 6.46. The fourth-order valence-corrected chi connectivity index (χ4v) is 3.24. The van der Waals surface area contributed by atoms with E-state index >= 15 is 0 Å². The summed E-state index contributed by atoms with van der Waals surface area (Å²) in [7, 11) is 0. The Morgan fingerprint density at radius 3 is 1.85 bits per heavy atom. The molecule has 0 aliphatic carbocycles. The molecule has 1 aromatic heterocycles. The molecular formula is C17H14ClNS. The standard InChI is InChI=1S/C17H14ClNS/c1-11-3-7-13(8-4-11)15-16(20-17(18)19-15)14-9-5-12(2)6-10-14/h3-10H,1-2H3. The summed E-state index contributed by atoms with van der Waals surface area (Å²) in [6.45, 7) is 4.17. The summed E-state index contributed by atoms with van der Waals surface area (Å²) in [6.07, 6.45) is 0. The SMILES string of the molecule is Cc1ccc(-c2nc(Cl)sc2-c2ccc(C)cc2)cc1. The van der Waals surface area contributed by atoms with E-state index in [1.54, 1.807) is 0 Å². The molecule has 3 heteroatoms. The van der Waals surface area contributed by atoms with E-state index in [9.17, 15) is 0 Å². The fourth-order valence-electron chi connectivity index (χ4n) is 2.10. The van der Waals surface area contributed by atoms with Crippen LogP contribution >= 0.6 is 22.9 Å². The summed E-state index contributed by atoms with van der Waals surface area (Å²) in [5.41, 5.74) is 5.72. The van der Waals surface area contributed by atoms with E-state index in [0.29, 0.717) is 4.47 Å². The van der Waals surface area contributed by atoms with Crippen LogP contribution in [0.1, 0.15) is 11.1 Å². The Hall–Kier alpha value is -1.64. The van der Waals surface area contributed by atoms with Gasteiger partial charge in [-0.15, -0.1) is 11.3 Å². The third kappa shape index (κ3) is 2.62. The van der Waals surface area contributed by atoms with E-state index in [0.717, 1.165) is 21.7 Å². The van der Waals surface area contributed by atoms with Crippen LogP contribution in [0.4, 0.5) is 0 Å². The monoisotopic (exact) mass is 299 g/mol. The molecule has 3 aromatic rings. The van der Waals surface area contributed by atoms with Gasteiger partial charge in [-0.2, -0.15) is 0 Å². The highest BCUT2D eigenvalue weighted by Crippen LogP contribution is 2.38. The van der Waals surface area contributed by atoms with Gasteiger partial charge in [0.1, 0.15) is 0 Å². The first-order valence-corrected chi connectivity index (χ1v) is 7.63. The predicted octanol–water partition coefficient (Wildman–Crippen LogP) is 5.75. The molecule has 0 atom stereocenters. The van der Waals surface area contributed by atoms with Crippen molar-refractivity contribution in [3.05, 3.63) is 64.1 Å². The molecule has 0 aliphatic heterocycles. The van der Waals surface area contributed by atoms with Gasteiger partial charge in [-0.3, -0.25) is 0 Å². The summed E-state index contributed by atoms with van der Waals surface area (Å²) in [4.78, 5) is 5.62. The molecule has 1 heterocycles. The van der Waals surface area contributed by atoms with Crippen molar-refractivity contribution >= 4 is 22.9 Å². The maximum Gasteiger partial charge on any atom is 0.184 e. The highest BCUT2D eigenvalue weighted by molar-refractivity contribution is 7.19. The molecule has 0 spiro atoms. The van der Waals surface area contributed by atoms with Gasteiger partial charge in [-0.05, 0) is 19.4 Å². The van der Waals surface area contributed by atoms with Gasteiger partial charge in [0.15, 0.2) is 4.47 Å². The molecular weight excluding hydrogens is 286 g/mol. The minimum absolute atomic E-state index is 0.580. The van der Waals surface area contributed by atoms with Gasteiger partial charge in [-0.1, -0.05) is 71.3 Å². The van der Waals surface area contributed by atoms with Crippen molar-refractivity contribution in [3.8, 4) is 21.7 Å². The van der Waals surface area contributed by atoms with Crippen molar-refractivity contribution in [2.45, 2.75) is 13.8 Å². The highest BCUT2D eigenvalue weighted by Gasteiger charge is 2.13. The number of aryl methyl sites for hydroxylation is 2. The summed E-state index contributed by atoms with van der Waals surface area (Å²) < 4.78 is 0.580. The van der Waals surface area contributed by atoms with Crippen LogP contribution in [0.3, 0.4) is 0 Å². The van der Waals surface area contributed by atoms with Crippen LogP contribution in [-0.4, -0.2) is 4.98 Å². The maximum atomic E-state index is 6.14. The van der Waals surface area contributed by atoms with Crippen molar-refractivity contribution in [1.29, 1.82) is 0 Å². The highest BCUT2D eigenvalue weighted by atomic mass is 35.5. The number of rotatable bonds is 2. The number of thiazole rings is 1. The van der Waals surface area contributed by atoms with Crippen LogP contribution in [0, 0.1) is 13.8 Å². The summed E-state index contributed by atoms with van der Waals surface area (Å²) in [6, 6.07) is 16.9. The molecule has 0 aliphatic rings. The number of nitrogens with zero attached hydrogens (tertiary/aromatic N) is 1. The second kappa shape index (κ2) is 5.39. The smallest absolute Gasteiger partial charge is 0.184 e. The Morgan fingerprint density at radius 1 is 0.800 bits per heavy atom. The van der Waals surface area contributed by atoms with Gasteiger partial charge in [0.2, 0.25) is 0 Å². The molecule has 0 bridgehead atoms.